The Labute approximate surface area is 179 Å². The van der Waals surface area contributed by atoms with Crippen LogP contribution in [-0.2, 0) is 19.4 Å². The molecule has 1 aliphatic rings. The Morgan fingerprint density at radius 1 is 1.24 bits per heavy atom. The summed E-state index contributed by atoms with van der Waals surface area (Å²) in [5.74, 6) is -0.855. The summed E-state index contributed by atoms with van der Waals surface area (Å²) < 4.78 is 25.3. The van der Waals surface area contributed by atoms with E-state index in [0.717, 1.165) is 10.5 Å². The highest BCUT2D eigenvalue weighted by Crippen LogP contribution is 2.38. The highest BCUT2D eigenvalue weighted by Gasteiger charge is 2.27. The van der Waals surface area contributed by atoms with Crippen molar-refractivity contribution >= 4 is 56.4 Å². The number of fused-ring (bicyclic) bond motifs is 1. The standard InChI is InChI=1S/C20H21ClN2O4S2/c1-3-17-20(25)23-16-11-14(5-7-18(16)28-17)29(26,27)9-8-19(24)22-15-6-4-13(21)10-12(15)2/h4-7,10-11,17H,3,8-9H2,1-2H3,(H,22,24)(H,23,25)/t17-/m0/s1. The fourth-order valence-corrected chi connectivity index (χ4v) is 5.43. The fourth-order valence-electron chi connectivity index (χ4n) is 2.92. The van der Waals surface area contributed by atoms with Gasteiger partial charge in [-0.25, -0.2) is 8.42 Å². The summed E-state index contributed by atoms with van der Waals surface area (Å²) in [6.07, 6.45) is 0.513. The van der Waals surface area contributed by atoms with Crippen LogP contribution in [-0.4, -0.2) is 31.2 Å². The average molecular weight is 453 g/mol. The third kappa shape index (κ3) is 5.12. The first-order valence-electron chi connectivity index (χ1n) is 9.10. The van der Waals surface area contributed by atoms with E-state index in [4.69, 9.17) is 11.6 Å². The van der Waals surface area contributed by atoms with Crippen LogP contribution in [0, 0.1) is 6.92 Å². The van der Waals surface area contributed by atoms with Gasteiger partial charge < -0.3 is 10.6 Å². The summed E-state index contributed by atoms with van der Waals surface area (Å²) in [7, 11) is -3.68. The van der Waals surface area contributed by atoms with E-state index in [-0.39, 0.29) is 28.2 Å². The Morgan fingerprint density at radius 2 is 2.00 bits per heavy atom. The summed E-state index contributed by atoms with van der Waals surface area (Å²) >= 11 is 7.32. The van der Waals surface area contributed by atoms with Gasteiger partial charge in [0.1, 0.15) is 0 Å². The molecule has 0 saturated carbocycles. The number of aryl methyl sites for hydroxylation is 1. The van der Waals surface area contributed by atoms with Gasteiger partial charge in [0.2, 0.25) is 11.8 Å². The lowest BCUT2D eigenvalue weighted by atomic mass is 10.2. The molecule has 6 nitrogen and oxygen atoms in total. The second kappa shape index (κ2) is 8.77. The smallest absolute Gasteiger partial charge is 0.237 e. The molecule has 1 heterocycles. The Bertz CT molecular complexity index is 1070. The van der Waals surface area contributed by atoms with Crippen molar-refractivity contribution in [3.05, 3.63) is 47.0 Å². The third-order valence-corrected chi connectivity index (χ3v) is 7.95. The number of thioether (sulfide) groups is 1. The van der Waals surface area contributed by atoms with E-state index in [1.165, 1.54) is 23.9 Å². The lowest BCUT2D eigenvalue weighted by Crippen LogP contribution is -2.28. The van der Waals surface area contributed by atoms with Crippen molar-refractivity contribution < 1.29 is 18.0 Å². The molecule has 0 aromatic heterocycles. The van der Waals surface area contributed by atoms with Gasteiger partial charge in [-0.1, -0.05) is 18.5 Å². The van der Waals surface area contributed by atoms with E-state index in [2.05, 4.69) is 10.6 Å². The molecule has 1 aliphatic heterocycles. The number of halogens is 1. The molecule has 0 aliphatic carbocycles. The highest BCUT2D eigenvalue weighted by atomic mass is 35.5. The number of amides is 2. The molecule has 0 saturated heterocycles. The number of hydrogen-bond donors (Lipinski definition) is 2. The number of sulfone groups is 1. The van der Waals surface area contributed by atoms with Crippen molar-refractivity contribution in [3.8, 4) is 0 Å². The molecule has 0 unspecified atom stereocenters. The van der Waals surface area contributed by atoms with E-state index in [1.54, 1.807) is 31.2 Å². The van der Waals surface area contributed by atoms with Crippen molar-refractivity contribution in [1.82, 2.24) is 0 Å². The zero-order valence-corrected chi connectivity index (χ0v) is 18.4. The van der Waals surface area contributed by atoms with Crippen molar-refractivity contribution in [2.45, 2.75) is 41.7 Å². The van der Waals surface area contributed by atoms with E-state index in [1.807, 2.05) is 6.92 Å². The molecule has 2 aromatic rings. The molecule has 2 aromatic carbocycles. The maximum Gasteiger partial charge on any atom is 0.237 e. The van der Waals surface area contributed by atoms with Gasteiger partial charge in [-0.3, -0.25) is 9.59 Å². The molecule has 0 bridgehead atoms. The van der Waals surface area contributed by atoms with Crippen LogP contribution < -0.4 is 10.6 Å². The van der Waals surface area contributed by atoms with E-state index in [0.29, 0.717) is 22.8 Å². The molecule has 3 rings (SSSR count). The zero-order valence-electron chi connectivity index (χ0n) is 16.0. The quantitative estimate of drug-likeness (QED) is 0.682. The van der Waals surface area contributed by atoms with Gasteiger partial charge in [0, 0.05) is 22.0 Å². The zero-order chi connectivity index (χ0) is 21.2. The molecule has 0 fully saturated rings. The number of hydrogen-bond acceptors (Lipinski definition) is 5. The van der Waals surface area contributed by atoms with Gasteiger partial charge >= 0.3 is 0 Å². The summed E-state index contributed by atoms with van der Waals surface area (Å²) in [6, 6.07) is 9.73. The molecule has 0 radical (unpaired) electrons. The van der Waals surface area contributed by atoms with Gasteiger partial charge in [0.05, 0.1) is 21.6 Å². The highest BCUT2D eigenvalue weighted by molar-refractivity contribution is 8.01. The van der Waals surface area contributed by atoms with Crippen molar-refractivity contribution in [2.24, 2.45) is 0 Å². The molecule has 154 valence electrons. The van der Waals surface area contributed by atoms with Crippen molar-refractivity contribution in [1.29, 1.82) is 0 Å². The lowest BCUT2D eigenvalue weighted by molar-refractivity contribution is -0.116. The molecule has 29 heavy (non-hydrogen) atoms. The number of nitrogens with one attached hydrogen (secondary N) is 2. The third-order valence-electron chi connectivity index (χ3n) is 4.56. The molecule has 2 amide bonds. The minimum atomic E-state index is -3.68. The predicted octanol–water partition coefficient (Wildman–Crippen LogP) is 4.27. The van der Waals surface area contributed by atoms with Crippen LogP contribution >= 0.6 is 23.4 Å². The molecule has 0 spiro atoms. The minimum absolute atomic E-state index is 0.0857. The number of rotatable bonds is 6. The van der Waals surface area contributed by atoms with Gasteiger partial charge in [-0.05, 0) is 55.3 Å². The number of carbonyl (C=O) groups is 2. The van der Waals surface area contributed by atoms with Crippen LogP contribution in [0.5, 0.6) is 0 Å². The summed E-state index contributed by atoms with van der Waals surface area (Å²) in [5.41, 5.74) is 1.88. The Hall–Kier alpha value is -2.03. The van der Waals surface area contributed by atoms with E-state index in [9.17, 15) is 18.0 Å². The maximum atomic E-state index is 12.7. The number of benzene rings is 2. The summed E-state index contributed by atoms with van der Waals surface area (Å²) in [4.78, 5) is 25.2. The summed E-state index contributed by atoms with van der Waals surface area (Å²) in [5, 5.41) is 5.86. The predicted molar refractivity (Wildman–Crippen MR) is 116 cm³/mol. The monoisotopic (exact) mass is 452 g/mol. The number of anilines is 2. The lowest BCUT2D eigenvalue weighted by Gasteiger charge is -2.23. The first-order chi connectivity index (χ1) is 13.7. The summed E-state index contributed by atoms with van der Waals surface area (Å²) in [6.45, 7) is 3.73. The molecule has 9 heteroatoms. The molecule has 1 atom stereocenters. The van der Waals surface area contributed by atoms with Gasteiger partial charge in [-0.2, -0.15) is 0 Å². The average Bonchev–Trinajstić information content (AvgIpc) is 2.67. The van der Waals surface area contributed by atoms with Crippen LogP contribution in [0.15, 0.2) is 46.2 Å². The first-order valence-corrected chi connectivity index (χ1v) is 12.0. The van der Waals surface area contributed by atoms with Crippen molar-refractivity contribution in [3.63, 3.8) is 0 Å². The maximum absolute atomic E-state index is 12.7. The second-order valence-corrected chi connectivity index (χ2v) is 10.5. The SMILES string of the molecule is CC[C@@H]1Sc2ccc(S(=O)(=O)CCC(=O)Nc3ccc(Cl)cc3C)cc2NC1=O. The normalized spacial score (nSPS) is 16.1. The van der Waals surface area contributed by atoms with Crippen LogP contribution in [0.1, 0.15) is 25.3 Å². The minimum Gasteiger partial charge on any atom is -0.326 e. The second-order valence-electron chi connectivity index (χ2n) is 6.74. The largest absolute Gasteiger partial charge is 0.326 e. The van der Waals surface area contributed by atoms with Crippen molar-refractivity contribution in [2.75, 3.05) is 16.4 Å². The van der Waals surface area contributed by atoms with Gasteiger partial charge in [0.15, 0.2) is 9.84 Å². The van der Waals surface area contributed by atoms with Gasteiger partial charge in [0.25, 0.3) is 0 Å². The van der Waals surface area contributed by atoms with E-state index >= 15 is 0 Å². The van der Waals surface area contributed by atoms with Crippen LogP contribution in [0.3, 0.4) is 0 Å². The molecular weight excluding hydrogens is 432 g/mol. The molecule has 2 N–H and O–H groups in total. The van der Waals surface area contributed by atoms with Gasteiger partial charge in [-0.15, -0.1) is 11.8 Å². The fraction of sp³-hybridized carbons (Fsp3) is 0.300. The first kappa shape index (κ1) is 21.7. The van der Waals surface area contributed by atoms with E-state index < -0.39 is 15.7 Å². The topological polar surface area (TPSA) is 92.3 Å². The van der Waals surface area contributed by atoms with Crippen LogP contribution in [0.4, 0.5) is 11.4 Å². The van der Waals surface area contributed by atoms with Crippen LogP contribution in [0.25, 0.3) is 0 Å². The molecular formula is C20H21ClN2O4S2. The number of carbonyl (C=O) groups excluding carboxylic acids is 2. The van der Waals surface area contributed by atoms with Crippen LogP contribution in [0.2, 0.25) is 5.02 Å². The Kier molecular flexibility index (Phi) is 6.55. The Morgan fingerprint density at radius 3 is 2.69 bits per heavy atom. The Balaban J connectivity index is 1.67.